The number of alkyl halides is 3. The molecule has 2 atom stereocenters. The van der Waals surface area contributed by atoms with E-state index in [1.165, 1.54) is 43.1 Å². The zero-order valence-corrected chi connectivity index (χ0v) is 14.7. The number of halogens is 3. The Morgan fingerprint density at radius 3 is 2.56 bits per heavy atom. The fourth-order valence-electron chi connectivity index (χ4n) is 3.32. The molecule has 0 unspecified atom stereocenters. The molecule has 0 radical (unpaired) electrons. The van der Waals surface area contributed by atoms with Gasteiger partial charge in [-0.1, -0.05) is 18.2 Å². The fourth-order valence-corrected chi connectivity index (χ4v) is 3.32. The van der Waals surface area contributed by atoms with Crippen LogP contribution in [0.15, 0.2) is 34.7 Å². The molecule has 1 aromatic carbocycles. The summed E-state index contributed by atoms with van der Waals surface area (Å²) in [6.07, 6.45) is -4.11. The molecule has 1 amide bonds. The van der Waals surface area contributed by atoms with Gasteiger partial charge < -0.3 is 14.4 Å². The van der Waals surface area contributed by atoms with Crippen molar-refractivity contribution in [2.75, 3.05) is 7.05 Å². The Labute approximate surface area is 153 Å². The number of aryl methyl sites for hydroxylation is 1. The number of aromatic carboxylic acids is 1. The van der Waals surface area contributed by atoms with Gasteiger partial charge in [-0.3, -0.25) is 4.79 Å². The van der Waals surface area contributed by atoms with Crippen LogP contribution >= 0.6 is 0 Å². The second kappa shape index (κ2) is 6.75. The SMILES string of the molecule is Cc1oc(CN(C)C(=O)[C@@H]2C[C@@H]2c2ccccc2C(F)(F)F)cc1C(=O)O. The van der Waals surface area contributed by atoms with Crippen LogP contribution in [0.1, 0.15) is 45.3 Å². The van der Waals surface area contributed by atoms with E-state index in [0.29, 0.717) is 12.2 Å². The lowest BCUT2D eigenvalue weighted by atomic mass is 10.0. The van der Waals surface area contributed by atoms with Crippen LogP contribution in [-0.4, -0.2) is 28.9 Å². The number of rotatable bonds is 5. The first-order valence-electron chi connectivity index (χ1n) is 8.33. The predicted molar refractivity (Wildman–Crippen MR) is 89.2 cm³/mol. The minimum Gasteiger partial charge on any atom is -0.478 e. The van der Waals surface area contributed by atoms with E-state index in [0.717, 1.165) is 6.07 Å². The summed E-state index contributed by atoms with van der Waals surface area (Å²) in [4.78, 5) is 25.0. The fraction of sp³-hybridized carbons (Fsp3) is 0.368. The van der Waals surface area contributed by atoms with Crippen molar-refractivity contribution in [2.45, 2.75) is 32.0 Å². The zero-order chi connectivity index (χ0) is 19.9. The average molecular weight is 381 g/mol. The summed E-state index contributed by atoms with van der Waals surface area (Å²) in [6, 6.07) is 6.66. The molecule has 0 spiro atoms. The van der Waals surface area contributed by atoms with E-state index in [4.69, 9.17) is 9.52 Å². The molecule has 1 heterocycles. The van der Waals surface area contributed by atoms with Crippen LogP contribution < -0.4 is 0 Å². The molecule has 3 rings (SSSR count). The van der Waals surface area contributed by atoms with Crippen LogP contribution in [0.3, 0.4) is 0 Å². The van der Waals surface area contributed by atoms with Crippen molar-refractivity contribution < 1.29 is 32.3 Å². The largest absolute Gasteiger partial charge is 0.478 e. The maximum absolute atomic E-state index is 13.2. The molecule has 0 aliphatic heterocycles. The Bertz CT molecular complexity index is 887. The maximum atomic E-state index is 13.2. The quantitative estimate of drug-likeness (QED) is 0.848. The number of nitrogens with zero attached hydrogens (tertiary/aromatic N) is 1. The predicted octanol–water partition coefficient (Wildman–Crippen LogP) is 4.07. The van der Waals surface area contributed by atoms with Crippen molar-refractivity contribution in [1.29, 1.82) is 0 Å². The Morgan fingerprint density at radius 1 is 1.30 bits per heavy atom. The van der Waals surface area contributed by atoms with Gasteiger partial charge in [0.05, 0.1) is 12.1 Å². The molecular weight excluding hydrogens is 363 g/mol. The van der Waals surface area contributed by atoms with Crippen molar-refractivity contribution in [3.05, 3.63) is 58.5 Å². The highest BCUT2D eigenvalue weighted by Crippen LogP contribution is 2.51. The molecule has 0 bridgehead atoms. The summed E-state index contributed by atoms with van der Waals surface area (Å²) in [5.74, 6) is -1.85. The van der Waals surface area contributed by atoms with Gasteiger partial charge in [0.2, 0.25) is 5.91 Å². The van der Waals surface area contributed by atoms with Gasteiger partial charge in [0.1, 0.15) is 17.1 Å². The summed E-state index contributed by atoms with van der Waals surface area (Å²) >= 11 is 0. The van der Waals surface area contributed by atoms with E-state index in [2.05, 4.69) is 0 Å². The maximum Gasteiger partial charge on any atom is 0.416 e. The summed E-state index contributed by atoms with van der Waals surface area (Å²) in [5.41, 5.74) is -0.547. The first-order valence-corrected chi connectivity index (χ1v) is 8.33. The van der Waals surface area contributed by atoms with Crippen molar-refractivity contribution in [3.63, 3.8) is 0 Å². The number of furan rings is 1. The number of carbonyl (C=O) groups excluding carboxylic acids is 1. The van der Waals surface area contributed by atoms with Crippen molar-refractivity contribution in [2.24, 2.45) is 5.92 Å². The molecule has 0 saturated heterocycles. The van der Waals surface area contributed by atoms with Gasteiger partial charge in [-0.25, -0.2) is 4.79 Å². The number of carbonyl (C=O) groups is 2. The smallest absolute Gasteiger partial charge is 0.416 e. The normalized spacial score (nSPS) is 19.0. The lowest BCUT2D eigenvalue weighted by Gasteiger charge is -2.17. The highest BCUT2D eigenvalue weighted by Gasteiger charge is 2.48. The van der Waals surface area contributed by atoms with Gasteiger partial charge in [0.25, 0.3) is 0 Å². The van der Waals surface area contributed by atoms with E-state index in [-0.39, 0.29) is 29.3 Å². The first kappa shape index (κ1) is 19.0. The standard InChI is InChI=1S/C19H18F3NO4/c1-10-13(18(25)26)7-11(27-10)9-23(2)17(24)15-8-14(15)12-5-3-4-6-16(12)19(20,21)22/h3-7,14-15H,8-9H2,1-2H3,(H,25,26)/t14-,15-/m1/s1. The minimum absolute atomic E-state index is 0.0225. The minimum atomic E-state index is -4.46. The van der Waals surface area contributed by atoms with E-state index in [1.54, 1.807) is 0 Å². The third-order valence-corrected chi connectivity index (χ3v) is 4.74. The van der Waals surface area contributed by atoms with Gasteiger partial charge >= 0.3 is 12.1 Å². The monoisotopic (exact) mass is 381 g/mol. The molecule has 1 aliphatic carbocycles. The molecule has 1 N–H and O–H groups in total. The van der Waals surface area contributed by atoms with Crippen LogP contribution in [0, 0.1) is 12.8 Å². The van der Waals surface area contributed by atoms with E-state index >= 15 is 0 Å². The molecule has 1 aliphatic rings. The number of carboxylic acid groups (broad SMARTS) is 1. The van der Waals surface area contributed by atoms with E-state index in [9.17, 15) is 22.8 Å². The zero-order valence-electron chi connectivity index (χ0n) is 14.7. The molecule has 1 aromatic heterocycles. The summed E-state index contributed by atoms with van der Waals surface area (Å²) in [5, 5.41) is 9.04. The molecule has 1 saturated carbocycles. The average Bonchev–Trinajstić information content (AvgIpc) is 3.30. The second-order valence-electron chi connectivity index (χ2n) is 6.72. The third-order valence-electron chi connectivity index (χ3n) is 4.74. The Balaban J connectivity index is 1.70. The Kier molecular flexibility index (Phi) is 4.75. The third kappa shape index (κ3) is 3.84. The van der Waals surface area contributed by atoms with Crippen LogP contribution in [0.4, 0.5) is 13.2 Å². The summed E-state index contributed by atoms with van der Waals surface area (Å²) in [6.45, 7) is 1.57. The topological polar surface area (TPSA) is 70.8 Å². The first-order chi connectivity index (χ1) is 12.6. The number of hydrogen-bond donors (Lipinski definition) is 1. The molecule has 2 aromatic rings. The number of hydrogen-bond acceptors (Lipinski definition) is 3. The molecule has 5 nitrogen and oxygen atoms in total. The van der Waals surface area contributed by atoms with Crippen molar-refractivity contribution in [3.8, 4) is 0 Å². The Morgan fingerprint density at radius 2 is 1.96 bits per heavy atom. The summed E-state index contributed by atoms with van der Waals surface area (Å²) in [7, 11) is 1.52. The van der Waals surface area contributed by atoms with Crippen LogP contribution in [-0.2, 0) is 17.5 Å². The van der Waals surface area contributed by atoms with E-state index in [1.807, 2.05) is 0 Å². The van der Waals surface area contributed by atoms with Gasteiger partial charge in [0.15, 0.2) is 0 Å². The molecule has 8 heteroatoms. The lowest BCUT2D eigenvalue weighted by molar-refractivity contribution is -0.138. The van der Waals surface area contributed by atoms with Crippen LogP contribution in [0.2, 0.25) is 0 Å². The molecule has 27 heavy (non-hydrogen) atoms. The highest BCUT2D eigenvalue weighted by molar-refractivity contribution is 5.89. The molecule has 1 fully saturated rings. The van der Waals surface area contributed by atoms with Crippen LogP contribution in [0.25, 0.3) is 0 Å². The van der Waals surface area contributed by atoms with Crippen molar-refractivity contribution in [1.82, 2.24) is 4.90 Å². The molecule has 144 valence electrons. The van der Waals surface area contributed by atoms with Gasteiger partial charge in [-0.05, 0) is 37.0 Å². The molecular formula is C19H18F3NO4. The van der Waals surface area contributed by atoms with Gasteiger partial charge in [0, 0.05) is 13.0 Å². The second-order valence-corrected chi connectivity index (χ2v) is 6.72. The number of carboxylic acids is 1. The van der Waals surface area contributed by atoms with E-state index < -0.39 is 29.5 Å². The van der Waals surface area contributed by atoms with Crippen molar-refractivity contribution >= 4 is 11.9 Å². The Hall–Kier alpha value is -2.77. The van der Waals surface area contributed by atoms with Gasteiger partial charge in [-0.2, -0.15) is 13.2 Å². The lowest BCUT2D eigenvalue weighted by Crippen LogP contribution is -2.28. The number of benzene rings is 1. The highest BCUT2D eigenvalue weighted by atomic mass is 19.4. The summed E-state index contributed by atoms with van der Waals surface area (Å²) < 4.78 is 44.8. The number of amides is 1. The van der Waals surface area contributed by atoms with Gasteiger partial charge in [-0.15, -0.1) is 0 Å². The van der Waals surface area contributed by atoms with Crippen LogP contribution in [0.5, 0.6) is 0 Å².